The van der Waals surface area contributed by atoms with E-state index in [4.69, 9.17) is 5.26 Å². The van der Waals surface area contributed by atoms with Gasteiger partial charge in [-0.2, -0.15) is 5.26 Å². The summed E-state index contributed by atoms with van der Waals surface area (Å²) in [6.45, 7) is 6.38. The Balaban J connectivity index is 3.06. The Morgan fingerprint density at radius 2 is 1.59 bits per heavy atom. The molecular weight excluding hydrogens is 226 g/mol. The first-order valence-corrected chi connectivity index (χ1v) is 8.80. The van der Waals surface area contributed by atoms with E-state index in [1.165, 1.54) is 0 Å². The van der Waals surface area contributed by atoms with Gasteiger partial charge in [0.1, 0.15) is 13.5 Å². The van der Waals surface area contributed by atoms with Crippen LogP contribution in [-0.4, -0.2) is 13.5 Å². The monoisotopic (exact) mass is 245 g/mol. The summed E-state index contributed by atoms with van der Waals surface area (Å²) in [7, 11) is -1.81. The topological polar surface area (TPSA) is 40.9 Å². The number of hydrogen-bond acceptors (Lipinski definition) is 2. The lowest BCUT2D eigenvalue weighted by Crippen LogP contribution is -2.42. The lowest BCUT2D eigenvalue weighted by atomic mass is 10.2. The molecule has 0 radical (unpaired) electrons. The number of nitriles is 1. The van der Waals surface area contributed by atoms with E-state index in [9.17, 15) is 4.79 Å². The van der Waals surface area contributed by atoms with E-state index >= 15 is 0 Å². The molecule has 1 aromatic rings. The van der Waals surface area contributed by atoms with Crippen LogP contribution in [0, 0.1) is 11.3 Å². The first kappa shape index (κ1) is 13.7. The number of carbonyl (C=O) groups excluding carboxylic acids is 1. The molecule has 0 spiro atoms. The maximum absolute atomic E-state index is 12.5. The summed E-state index contributed by atoms with van der Waals surface area (Å²) in [6, 6.07) is 12.1. The molecule has 0 saturated carbocycles. The number of rotatable bonds is 5. The van der Waals surface area contributed by atoms with Gasteiger partial charge < -0.3 is 4.79 Å². The number of benzene rings is 1. The average molecular weight is 245 g/mol. The van der Waals surface area contributed by atoms with Crippen LogP contribution in [0.2, 0.25) is 18.1 Å². The van der Waals surface area contributed by atoms with Gasteiger partial charge >= 0.3 is 0 Å². The molecular formula is C14H19NOSi. The van der Waals surface area contributed by atoms with Crippen molar-refractivity contribution in [3.05, 3.63) is 35.4 Å². The van der Waals surface area contributed by atoms with Crippen molar-refractivity contribution in [3.8, 4) is 6.07 Å². The van der Waals surface area contributed by atoms with Crippen molar-refractivity contribution in [1.29, 1.82) is 5.26 Å². The van der Waals surface area contributed by atoms with E-state index < -0.39 is 8.07 Å². The summed E-state index contributed by atoms with van der Waals surface area (Å²) in [5, 5.41) is 9.08. The van der Waals surface area contributed by atoms with Gasteiger partial charge in [0, 0.05) is 5.56 Å². The van der Waals surface area contributed by atoms with E-state index in [1.807, 2.05) is 0 Å². The Hall–Kier alpha value is -1.40. The molecule has 0 atom stereocenters. The van der Waals surface area contributed by atoms with Crippen molar-refractivity contribution in [2.45, 2.75) is 38.9 Å². The van der Waals surface area contributed by atoms with E-state index in [2.05, 4.69) is 26.8 Å². The SMILES string of the molecule is CC[Si](CC)(CC)C(=O)c1ccc(C#N)cc1. The number of carbonyl (C=O) groups is 1. The molecule has 3 heteroatoms. The Morgan fingerprint density at radius 3 is 1.94 bits per heavy atom. The lowest BCUT2D eigenvalue weighted by molar-refractivity contribution is 0.106. The van der Waals surface area contributed by atoms with Crippen molar-refractivity contribution in [3.63, 3.8) is 0 Å². The standard InChI is InChI=1S/C14H19NOSi/c1-4-17(5-2,6-3)14(16)13-9-7-12(11-15)8-10-13/h7-10H,4-6H2,1-3H3. The highest BCUT2D eigenvalue weighted by atomic mass is 28.3. The molecule has 0 aliphatic heterocycles. The molecule has 0 heterocycles. The molecule has 1 aromatic carbocycles. The van der Waals surface area contributed by atoms with Gasteiger partial charge in [0.15, 0.2) is 0 Å². The molecule has 2 nitrogen and oxygen atoms in total. The zero-order valence-corrected chi connectivity index (χ0v) is 11.8. The van der Waals surface area contributed by atoms with Crippen LogP contribution in [0.1, 0.15) is 36.7 Å². The maximum atomic E-state index is 12.5. The minimum Gasteiger partial charge on any atom is -0.300 e. The summed E-state index contributed by atoms with van der Waals surface area (Å²) < 4.78 is 0. The Bertz CT molecular complexity index is 418. The van der Waals surface area contributed by atoms with Crippen LogP contribution in [0.4, 0.5) is 0 Å². The van der Waals surface area contributed by atoms with Crippen molar-refractivity contribution < 1.29 is 4.79 Å². The molecule has 0 unspecified atom stereocenters. The molecule has 0 N–H and O–H groups in total. The lowest BCUT2D eigenvalue weighted by Gasteiger charge is -2.25. The van der Waals surface area contributed by atoms with Crippen LogP contribution in [0.15, 0.2) is 24.3 Å². The summed E-state index contributed by atoms with van der Waals surface area (Å²) in [4.78, 5) is 12.5. The van der Waals surface area contributed by atoms with Crippen LogP contribution in [0.3, 0.4) is 0 Å². The molecule has 0 aliphatic carbocycles. The number of hydrogen-bond donors (Lipinski definition) is 0. The second kappa shape index (κ2) is 5.79. The molecule has 1 rings (SSSR count). The second-order valence-electron chi connectivity index (χ2n) is 4.36. The van der Waals surface area contributed by atoms with Crippen LogP contribution in [0.5, 0.6) is 0 Å². The molecule has 17 heavy (non-hydrogen) atoms. The number of nitrogens with zero attached hydrogens (tertiary/aromatic N) is 1. The van der Waals surface area contributed by atoms with Gasteiger partial charge in [-0.1, -0.05) is 51.0 Å². The smallest absolute Gasteiger partial charge is 0.140 e. The van der Waals surface area contributed by atoms with Gasteiger partial charge in [-0.25, -0.2) is 0 Å². The predicted octanol–water partition coefficient (Wildman–Crippen LogP) is 3.79. The normalized spacial score (nSPS) is 10.9. The van der Waals surface area contributed by atoms with E-state index in [0.29, 0.717) is 11.0 Å². The highest BCUT2D eigenvalue weighted by molar-refractivity contribution is 7.07. The third-order valence-electron chi connectivity index (χ3n) is 3.79. The highest BCUT2D eigenvalue weighted by Gasteiger charge is 2.36. The van der Waals surface area contributed by atoms with Gasteiger partial charge in [0.05, 0.1) is 11.6 Å². The maximum Gasteiger partial charge on any atom is 0.140 e. The van der Waals surface area contributed by atoms with Crippen LogP contribution in [0.25, 0.3) is 0 Å². The van der Waals surface area contributed by atoms with Gasteiger partial charge in [0.25, 0.3) is 0 Å². The third-order valence-corrected chi connectivity index (χ3v) is 9.10. The average Bonchev–Trinajstić information content (AvgIpc) is 2.41. The zero-order valence-electron chi connectivity index (χ0n) is 10.8. The highest BCUT2D eigenvalue weighted by Crippen LogP contribution is 2.25. The third kappa shape index (κ3) is 2.64. The molecule has 90 valence electrons. The first-order valence-electron chi connectivity index (χ1n) is 6.18. The largest absolute Gasteiger partial charge is 0.300 e. The van der Waals surface area contributed by atoms with Crippen molar-refractivity contribution in [1.82, 2.24) is 0 Å². The van der Waals surface area contributed by atoms with Crippen LogP contribution < -0.4 is 0 Å². The van der Waals surface area contributed by atoms with Crippen LogP contribution >= 0.6 is 0 Å². The summed E-state index contributed by atoms with van der Waals surface area (Å²) in [5.74, 6) is 0. The predicted molar refractivity (Wildman–Crippen MR) is 72.7 cm³/mol. The second-order valence-corrected chi connectivity index (χ2v) is 9.50. The van der Waals surface area contributed by atoms with Gasteiger partial charge in [-0.15, -0.1) is 0 Å². The Morgan fingerprint density at radius 1 is 1.12 bits per heavy atom. The summed E-state index contributed by atoms with van der Waals surface area (Å²) in [5.41, 5.74) is 1.39. The van der Waals surface area contributed by atoms with E-state index in [1.54, 1.807) is 24.3 Å². The van der Waals surface area contributed by atoms with Crippen LogP contribution in [-0.2, 0) is 0 Å². The molecule has 0 bridgehead atoms. The molecule has 0 aromatic heterocycles. The summed E-state index contributed by atoms with van der Waals surface area (Å²) in [6.07, 6.45) is 0. The van der Waals surface area contributed by atoms with Crippen molar-refractivity contribution in [2.75, 3.05) is 0 Å². The quantitative estimate of drug-likeness (QED) is 0.741. The minimum absolute atomic E-state index is 0.342. The molecule has 0 fully saturated rings. The van der Waals surface area contributed by atoms with Gasteiger partial charge in [0.2, 0.25) is 0 Å². The van der Waals surface area contributed by atoms with E-state index in [-0.39, 0.29) is 0 Å². The fourth-order valence-corrected chi connectivity index (χ4v) is 5.48. The van der Waals surface area contributed by atoms with E-state index in [0.717, 1.165) is 23.7 Å². The Kier molecular flexibility index (Phi) is 4.65. The minimum atomic E-state index is -1.81. The zero-order chi connectivity index (χ0) is 12.9. The Labute approximate surface area is 104 Å². The molecule has 0 saturated heterocycles. The van der Waals surface area contributed by atoms with Crippen molar-refractivity contribution in [2.24, 2.45) is 0 Å². The van der Waals surface area contributed by atoms with Crippen molar-refractivity contribution >= 4 is 13.5 Å². The van der Waals surface area contributed by atoms with Gasteiger partial charge in [-0.3, -0.25) is 0 Å². The first-order chi connectivity index (χ1) is 8.13. The van der Waals surface area contributed by atoms with Gasteiger partial charge in [-0.05, 0) is 12.1 Å². The summed E-state index contributed by atoms with van der Waals surface area (Å²) >= 11 is 0. The fraction of sp³-hybridized carbons (Fsp3) is 0.429. The fourth-order valence-electron chi connectivity index (χ4n) is 2.23. The molecule has 0 aliphatic rings. The molecule has 0 amide bonds.